The molecule has 0 atom stereocenters. The number of hydrogen-bond donors (Lipinski definition) is 0. The summed E-state index contributed by atoms with van der Waals surface area (Å²) in [6.07, 6.45) is 9.01. The number of halogens is 2. The van der Waals surface area contributed by atoms with Gasteiger partial charge in [-0.15, -0.1) is 24.8 Å². The molecule has 0 saturated heterocycles. The first-order valence-electron chi connectivity index (χ1n) is 4.54. The summed E-state index contributed by atoms with van der Waals surface area (Å²) in [6, 6.07) is 0. The van der Waals surface area contributed by atoms with E-state index in [1.54, 1.807) is 0 Å². The number of rotatable bonds is 4. The van der Waals surface area contributed by atoms with Crippen molar-refractivity contribution in [3.63, 3.8) is 0 Å². The standard InChI is InChI=1S/C9H13.CH3.2ClH.O.V/c1-2-3-6-9-7-4-5-8-9;;;;;/h7-8H,2-4,6H2,1H3;1H3;2*1H;;. The van der Waals surface area contributed by atoms with Crippen LogP contribution in [0.2, 0.25) is 5.64 Å². The van der Waals surface area contributed by atoms with Crippen LogP contribution in [0.15, 0.2) is 22.0 Å². The fourth-order valence-electron chi connectivity index (χ4n) is 1.34. The van der Waals surface area contributed by atoms with Crippen LogP contribution in [0.1, 0.15) is 32.6 Å². The molecule has 0 spiro atoms. The zero-order valence-electron chi connectivity index (χ0n) is 8.66. The summed E-state index contributed by atoms with van der Waals surface area (Å²) >= 11 is -1.80. The second kappa shape index (κ2) is 8.73. The van der Waals surface area contributed by atoms with E-state index in [4.69, 9.17) is 0 Å². The van der Waals surface area contributed by atoms with Gasteiger partial charge in [0.15, 0.2) is 0 Å². The van der Waals surface area contributed by atoms with Gasteiger partial charge in [0.05, 0.1) is 0 Å². The fourth-order valence-corrected chi connectivity index (χ4v) is 2.43. The van der Waals surface area contributed by atoms with Crippen LogP contribution in [0.5, 0.6) is 0 Å². The molecule has 1 rings (SSSR count). The molecule has 0 aliphatic heterocycles. The second-order valence-electron chi connectivity index (χ2n) is 3.22. The second-order valence-corrected chi connectivity index (χ2v) is 5.67. The van der Waals surface area contributed by atoms with E-state index >= 15 is 0 Å². The molecule has 0 aromatic rings. The topological polar surface area (TPSA) is 17.1 Å². The Labute approximate surface area is 104 Å². The van der Waals surface area contributed by atoms with Crippen molar-refractivity contribution in [1.82, 2.24) is 0 Å². The van der Waals surface area contributed by atoms with E-state index in [1.165, 1.54) is 29.1 Å². The van der Waals surface area contributed by atoms with E-state index in [9.17, 15) is 3.67 Å². The van der Waals surface area contributed by atoms with Crippen LogP contribution >= 0.6 is 24.8 Å². The van der Waals surface area contributed by atoms with Crippen molar-refractivity contribution in [2.24, 2.45) is 0 Å². The third-order valence-electron chi connectivity index (χ3n) is 2.15. The van der Waals surface area contributed by atoms with E-state index in [0.29, 0.717) is 0 Å². The molecule has 0 aromatic heterocycles. The summed E-state index contributed by atoms with van der Waals surface area (Å²) in [5, 5.41) is 0. The molecule has 0 aromatic carbocycles. The van der Waals surface area contributed by atoms with Crippen LogP contribution in [0.4, 0.5) is 0 Å². The normalized spacial score (nSPS) is 13.6. The summed E-state index contributed by atoms with van der Waals surface area (Å²) in [7, 11) is 0. The minimum absolute atomic E-state index is 0. The van der Waals surface area contributed by atoms with Gasteiger partial charge in [-0.3, -0.25) is 0 Å². The Morgan fingerprint density at radius 1 is 1.43 bits per heavy atom. The first-order valence-corrected chi connectivity index (χ1v) is 7.21. The molecule has 4 heteroatoms. The van der Waals surface area contributed by atoms with Crippen LogP contribution in [0.25, 0.3) is 0 Å². The Morgan fingerprint density at radius 2 is 2.07 bits per heavy atom. The van der Waals surface area contributed by atoms with Gasteiger partial charge in [0.25, 0.3) is 0 Å². The van der Waals surface area contributed by atoms with E-state index in [0.717, 1.165) is 6.42 Å². The summed E-state index contributed by atoms with van der Waals surface area (Å²) < 4.78 is 12.4. The largest absolute Gasteiger partial charge is 0.147 e. The molecule has 0 fully saturated rings. The molecule has 0 bridgehead atoms. The first-order chi connectivity index (χ1) is 5.74. The van der Waals surface area contributed by atoms with Crippen molar-refractivity contribution in [2.75, 3.05) is 0 Å². The van der Waals surface area contributed by atoms with Crippen molar-refractivity contribution in [1.29, 1.82) is 0 Å². The number of unbranched alkanes of at least 4 members (excludes halogenated alkanes) is 1. The Hall–Kier alpha value is 0.444. The van der Waals surface area contributed by atoms with Gasteiger partial charge in [0.2, 0.25) is 0 Å². The molecule has 14 heavy (non-hydrogen) atoms. The van der Waals surface area contributed by atoms with Gasteiger partial charge < -0.3 is 0 Å². The smallest absolute Gasteiger partial charge is 0.147 e. The summed E-state index contributed by atoms with van der Waals surface area (Å²) in [6.45, 7) is 2.20. The Balaban J connectivity index is 0. The summed E-state index contributed by atoms with van der Waals surface area (Å²) in [4.78, 5) is 0. The van der Waals surface area contributed by atoms with Crippen LogP contribution in [-0.4, -0.2) is 0 Å². The maximum absolute atomic E-state index is 11.2. The van der Waals surface area contributed by atoms with Crippen molar-refractivity contribution >= 4 is 24.8 Å². The van der Waals surface area contributed by atoms with Crippen LogP contribution in [0, 0.1) is 0 Å². The Bertz CT molecular complexity index is 247. The van der Waals surface area contributed by atoms with Crippen molar-refractivity contribution in [2.45, 2.75) is 38.2 Å². The summed E-state index contributed by atoms with van der Waals surface area (Å²) in [5.74, 6) is 0. The predicted molar refractivity (Wildman–Crippen MR) is 61.4 cm³/mol. The van der Waals surface area contributed by atoms with E-state index in [1.807, 2.05) is 5.64 Å². The fraction of sp³-hybridized carbons (Fsp3) is 0.600. The van der Waals surface area contributed by atoms with Crippen LogP contribution < -0.4 is 0 Å². The summed E-state index contributed by atoms with van der Waals surface area (Å²) in [5.41, 5.74) is 3.28. The van der Waals surface area contributed by atoms with Gasteiger partial charge in [-0.05, 0) is 0 Å². The van der Waals surface area contributed by atoms with Crippen molar-refractivity contribution in [3.8, 4) is 0 Å². The first kappa shape index (κ1) is 16.9. The zero-order valence-corrected chi connectivity index (χ0v) is 11.7. The molecule has 0 N–H and O–H groups in total. The molecule has 0 radical (unpaired) electrons. The zero-order chi connectivity index (χ0) is 8.97. The van der Waals surface area contributed by atoms with E-state index in [-0.39, 0.29) is 24.8 Å². The van der Waals surface area contributed by atoms with E-state index in [2.05, 4.69) is 19.1 Å². The maximum atomic E-state index is 11.2. The molecular formula is C10H18Cl2OV. The van der Waals surface area contributed by atoms with Crippen molar-refractivity contribution in [3.05, 3.63) is 22.0 Å². The quantitative estimate of drug-likeness (QED) is 0.750. The monoisotopic (exact) mass is 275 g/mol. The van der Waals surface area contributed by atoms with Crippen molar-refractivity contribution < 1.29 is 18.8 Å². The predicted octanol–water partition coefficient (Wildman–Crippen LogP) is 4.25. The molecule has 1 aliphatic carbocycles. The van der Waals surface area contributed by atoms with E-state index < -0.39 is 15.1 Å². The van der Waals surface area contributed by atoms with Crippen LogP contribution in [-0.2, 0) is 18.8 Å². The van der Waals surface area contributed by atoms with Gasteiger partial charge in [-0.1, -0.05) is 0 Å². The third-order valence-corrected chi connectivity index (χ3v) is 3.90. The molecule has 0 unspecified atom stereocenters. The Morgan fingerprint density at radius 3 is 2.50 bits per heavy atom. The van der Waals surface area contributed by atoms with Crippen LogP contribution in [0.3, 0.4) is 0 Å². The Kier molecular flexibility index (Phi) is 10.5. The SMILES string of the molecule is CCCCC1=CC[C]([V]([CH3])=[O])=C1.Cl.Cl. The molecule has 0 saturated carbocycles. The minimum atomic E-state index is -1.80. The molecule has 1 aliphatic rings. The molecule has 83 valence electrons. The minimum Gasteiger partial charge on any atom is -0.147 e. The van der Waals surface area contributed by atoms with Gasteiger partial charge in [0.1, 0.15) is 0 Å². The molecule has 0 amide bonds. The third kappa shape index (κ3) is 5.36. The van der Waals surface area contributed by atoms with Gasteiger partial charge in [-0.2, -0.15) is 0 Å². The average Bonchev–Trinajstić information content (AvgIpc) is 2.48. The van der Waals surface area contributed by atoms with Gasteiger partial charge >= 0.3 is 79.0 Å². The molecular weight excluding hydrogens is 258 g/mol. The van der Waals surface area contributed by atoms with Gasteiger partial charge in [0, 0.05) is 0 Å². The number of hydrogen-bond acceptors (Lipinski definition) is 1. The molecule has 1 nitrogen and oxygen atoms in total. The number of allylic oxidation sites excluding steroid dienone is 4. The maximum Gasteiger partial charge on any atom is -0.147 e. The molecule has 0 heterocycles. The van der Waals surface area contributed by atoms with Gasteiger partial charge in [-0.25, -0.2) is 0 Å². The average molecular weight is 276 g/mol.